The molecule has 0 bridgehead atoms. The molecule has 1 aliphatic heterocycles. The summed E-state index contributed by atoms with van der Waals surface area (Å²) in [7, 11) is 0. The zero-order chi connectivity index (χ0) is 13.4. The number of rotatable bonds is 2. The maximum Gasteiger partial charge on any atom is 0.420 e. The van der Waals surface area contributed by atoms with Crippen molar-refractivity contribution in [1.82, 2.24) is 9.47 Å². The Kier molecular flexibility index (Phi) is 2.77. The fraction of sp³-hybridized carbons (Fsp3) is 0.385. The first-order valence-electron chi connectivity index (χ1n) is 6.32. The molecule has 6 heteroatoms. The Morgan fingerprint density at radius 1 is 1.32 bits per heavy atom. The molecule has 0 radical (unpaired) electrons. The number of anilines is 1. The Bertz CT molecular complexity index is 680. The van der Waals surface area contributed by atoms with E-state index in [1.165, 1.54) is 4.57 Å². The lowest BCUT2D eigenvalue weighted by molar-refractivity contribution is -0.130. The molecule has 0 atom stereocenters. The third kappa shape index (κ3) is 2.09. The van der Waals surface area contributed by atoms with E-state index in [1.807, 2.05) is 0 Å². The molecule has 0 aliphatic carbocycles. The second kappa shape index (κ2) is 4.46. The van der Waals surface area contributed by atoms with Crippen molar-refractivity contribution in [3.05, 3.63) is 28.7 Å². The van der Waals surface area contributed by atoms with Crippen molar-refractivity contribution in [1.29, 1.82) is 0 Å². The number of hydrogen-bond donors (Lipinski definition) is 1. The molecule has 1 aliphatic rings. The Morgan fingerprint density at radius 3 is 2.79 bits per heavy atom. The lowest BCUT2D eigenvalue weighted by Gasteiger charge is -2.14. The van der Waals surface area contributed by atoms with Crippen LogP contribution in [0.2, 0.25) is 0 Å². The number of carbonyl (C=O) groups excluding carboxylic acids is 1. The predicted molar refractivity (Wildman–Crippen MR) is 70.7 cm³/mol. The number of benzene rings is 1. The largest absolute Gasteiger partial charge is 0.420 e. The summed E-state index contributed by atoms with van der Waals surface area (Å²) in [5.41, 5.74) is 7.26. The van der Waals surface area contributed by atoms with Crippen LogP contribution in [0.25, 0.3) is 11.1 Å². The van der Waals surface area contributed by atoms with Crippen LogP contribution in [0.4, 0.5) is 5.69 Å². The van der Waals surface area contributed by atoms with Crippen LogP contribution in [0, 0.1) is 0 Å². The highest BCUT2D eigenvalue weighted by atomic mass is 16.4. The van der Waals surface area contributed by atoms with Crippen LogP contribution >= 0.6 is 0 Å². The third-order valence-corrected chi connectivity index (χ3v) is 3.44. The number of amides is 1. The van der Waals surface area contributed by atoms with Gasteiger partial charge in [0.2, 0.25) is 5.91 Å². The van der Waals surface area contributed by atoms with Gasteiger partial charge in [-0.05, 0) is 31.0 Å². The number of nitrogen functional groups attached to an aromatic ring is 1. The second-order valence-corrected chi connectivity index (χ2v) is 4.77. The summed E-state index contributed by atoms with van der Waals surface area (Å²) in [5.74, 6) is -0.571. The Balaban J connectivity index is 1.95. The minimum Gasteiger partial charge on any atom is -0.408 e. The number of fused-ring (bicyclic) bond motifs is 1. The molecule has 0 spiro atoms. The van der Waals surface area contributed by atoms with Gasteiger partial charge in [0.05, 0.1) is 5.52 Å². The van der Waals surface area contributed by atoms with E-state index in [0.717, 1.165) is 25.9 Å². The van der Waals surface area contributed by atoms with E-state index in [2.05, 4.69) is 0 Å². The van der Waals surface area contributed by atoms with Gasteiger partial charge in [0.1, 0.15) is 6.54 Å². The fourth-order valence-electron chi connectivity index (χ4n) is 2.43. The monoisotopic (exact) mass is 261 g/mol. The molecule has 1 aromatic carbocycles. The van der Waals surface area contributed by atoms with Gasteiger partial charge >= 0.3 is 5.76 Å². The third-order valence-electron chi connectivity index (χ3n) is 3.44. The molecule has 2 aromatic rings. The van der Waals surface area contributed by atoms with Gasteiger partial charge in [0.15, 0.2) is 5.58 Å². The van der Waals surface area contributed by atoms with Gasteiger partial charge in [-0.3, -0.25) is 9.36 Å². The lowest BCUT2D eigenvalue weighted by Crippen LogP contribution is -2.33. The number of nitrogens with zero attached hydrogens (tertiary/aromatic N) is 2. The summed E-state index contributed by atoms with van der Waals surface area (Å²) < 4.78 is 6.44. The van der Waals surface area contributed by atoms with Crippen molar-refractivity contribution < 1.29 is 9.21 Å². The van der Waals surface area contributed by atoms with Crippen molar-refractivity contribution in [3.8, 4) is 0 Å². The average molecular weight is 261 g/mol. The Morgan fingerprint density at radius 2 is 2.05 bits per heavy atom. The van der Waals surface area contributed by atoms with Crippen LogP contribution in [0.3, 0.4) is 0 Å². The van der Waals surface area contributed by atoms with E-state index < -0.39 is 5.76 Å². The second-order valence-electron chi connectivity index (χ2n) is 4.77. The van der Waals surface area contributed by atoms with Crippen molar-refractivity contribution in [3.63, 3.8) is 0 Å². The highest BCUT2D eigenvalue weighted by Crippen LogP contribution is 2.17. The summed E-state index contributed by atoms with van der Waals surface area (Å²) in [6.07, 6.45) is 2.06. The average Bonchev–Trinajstić information content (AvgIpc) is 2.99. The number of oxazole rings is 1. The van der Waals surface area contributed by atoms with Crippen LogP contribution in [-0.4, -0.2) is 28.5 Å². The summed E-state index contributed by atoms with van der Waals surface area (Å²) in [4.78, 5) is 25.6. The van der Waals surface area contributed by atoms with Crippen LogP contribution < -0.4 is 11.5 Å². The van der Waals surface area contributed by atoms with Crippen LogP contribution in [0.1, 0.15) is 12.8 Å². The number of nitrogens with two attached hydrogens (primary N) is 1. The molecule has 1 saturated heterocycles. The molecule has 1 amide bonds. The first kappa shape index (κ1) is 11.8. The first-order valence-corrected chi connectivity index (χ1v) is 6.32. The highest BCUT2D eigenvalue weighted by Gasteiger charge is 2.20. The maximum atomic E-state index is 12.1. The van der Waals surface area contributed by atoms with Crippen molar-refractivity contribution in [2.24, 2.45) is 0 Å². The quantitative estimate of drug-likeness (QED) is 0.811. The molecular formula is C13H15N3O3. The van der Waals surface area contributed by atoms with Gasteiger partial charge in [-0.15, -0.1) is 0 Å². The van der Waals surface area contributed by atoms with Gasteiger partial charge in [0, 0.05) is 18.8 Å². The van der Waals surface area contributed by atoms with Gasteiger partial charge in [-0.1, -0.05) is 0 Å². The Labute approximate surface area is 109 Å². The number of aromatic nitrogens is 1. The zero-order valence-electron chi connectivity index (χ0n) is 10.5. The van der Waals surface area contributed by atoms with Crippen molar-refractivity contribution in [2.45, 2.75) is 19.4 Å². The van der Waals surface area contributed by atoms with E-state index in [9.17, 15) is 9.59 Å². The van der Waals surface area contributed by atoms with Crippen molar-refractivity contribution in [2.75, 3.05) is 18.8 Å². The molecule has 3 rings (SSSR count). The molecule has 1 fully saturated rings. The number of hydrogen-bond acceptors (Lipinski definition) is 4. The first-order chi connectivity index (χ1) is 9.15. The molecule has 6 nitrogen and oxygen atoms in total. The number of carbonyl (C=O) groups is 1. The summed E-state index contributed by atoms with van der Waals surface area (Å²) >= 11 is 0. The van der Waals surface area contributed by atoms with Gasteiger partial charge in [0.25, 0.3) is 0 Å². The van der Waals surface area contributed by atoms with E-state index in [1.54, 1.807) is 23.1 Å². The molecule has 0 unspecified atom stereocenters. The fourth-order valence-corrected chi connectivity index (χ4v) is 2.43. The van der Waals surface area contributed by atoms with Gasteiger partial charge < -0.3 is 15.1 Å². The summed E-state index contributed by atoms with van der Waals surface area (Å²) in [6.45, 7) is 1.55. The molecule has 2 heterocycles. The van der Waals surface area contributed by atoms with E-state index >= 15 is 0 Å². The maximum absolute atomic E-state index is 12.1. The predicted octanol–water partition coefficient (Wildman–Crippen LogP) is 0.799. The summed E-state index contributed by atoms with van der Waals surface area (Å²) in [5, 5.41) is 0. The van der Waals surface area contributed by atoms with E-state index in [0.29, 0.717) is 16.8 Å². The topological polar surface area (TPSA) is 81.5 Å². The lowest BCUT2D eigenvalue weighted by atomic mass is 10.3. The number of likely N-dealkylation sites (tertiary alicyclic amines) is 1. The van der Waals surface area contributed by atoms with E-state index in [4.69, 9.17) is 10.2 Å². The molecule has 0 saturated carbocycles. The molecule has 1 aromatic heterocycles. The SMILES string of the molecule is Nc1ccc2oc(=O)n(CC(=O)N3CCCC3)c2c1. The Hall–Kier alpha value is -2.24. The highest BCUT2D eigenvalue weighted by molar-refractivity contribution is 5.81. The normalized spacial score (nSPS) is 15.3. The minimum absolute atomic E-state index is 0.00921. The van der Waals surface area contributed by atoms with Crippen molar-refractivity contribution >= 4 is 22.7 Å². The molecule has 19 heavy (non-hydrogen) atoms. The smallest absolute Gasteiger partial charge is 0.408 e. The van der Waals surface area contributed by atoms with Crippen LogP contribution in [-0.2, 0) is 11.3 Å². The molecular weight excluding hydrogens is 246 g/mol. The van der Waals surface area contributed by atoms with Crippen LogP contribution in [0.5, 0.6) is 0 Å². The van der Waals surface area contributed by atoms with E-state index in [-0.39, 0.29) is 12.5 Å². The molecule has 100 valence electrons. The van der Waals surface area contributed by atoms with Gasteiger partial charge in [-0.2, -0.15) is 0 Å². The standard InChI is InChI=1S/C13H15N3O3/c14-9-3-4-11-10(7-9)16(13(18)19-11)8-12(17)15-5-1-2-6-15/h3-4,7H,1-2,5-6,8,14H2. The molecule has 2 N–H and O–H groups in total. The summed E-state index contributed by atoms with van der Waals surface area (Å²) in [6, 6.07) is 4.96. The van der Waals surface area contributed by atoms with Crippen LogP contribution in [0.15, 0.2) is 27.4 Å². The zero-order valence-corrected chi connectivity index (χ0v) is 10.5. The van der Waals surface area contributed by atoms with Gasteiger partial charge in [-0.25, -0.2) is 4.79 Å². The minimum atomic E-state index is -0.520.